The molecule has 158 valence electrons. The van der Waals surface area contributed by atoms with Crippen molar-refractivity contribution in [3.8, 4) is 0 Å². The lowest BCUT2D eigenvalue weighted by Gasteiger charge is -2.38. The summed E-state index contributed by atoms with van der Waals surface area (Å²) < 4.78 is 24.4. The number of rotatable bonds is 3. The maximum absolute atomic E-state index is 13.0. The molecule has 3 saturated heterocycles. The fraction of sp³-hybridized carbons (Fsp3) is 0.600. The van der Waals surface area contributed by atoms with Gasteiger partial charge in [0.1, 0.15) is 0 Å². The third-order valence-corrected chi connectivity index (χ3v) is 8.92. The number of halogens is 1. The first kappa shape index (κ1) is 20.8. The van der Waals surface area contributed by atoms with Crippen LogP contribution in [0.5, 0.6) is 0 Å². The normalized spacial score (nSPS) is 27.6. The summed E-state index contributed by atoms with van der Waals surface area (Å²) in [5.41, 5.74) is 1.88. The van der Waals surface area contributed by atoms with E-state index in [1.54, 1.807) is 4.90 Å². The molecule has 1 aromatic rings. The number of hydrogen-bond donors (Lipinski definition) is 0. The van der Waals surface area contributed by atoms with Crippen molar-refractivity contribution in [1.82, 2.24) is 9.80 Å². The summed E-state index contributed by atoms with van der Waals surface area (Å²) in [6.07, 6.45) is 0.935. The first-order chi connectivity index (χ1) is 13.7. The fourth-order valence-corrected chi connectivity index (χ4v) is 6.56. The van der Waals surface area contributed by atoms with E-state index in [4.69, 9.17) is 0 Å². The van der Waals surface area contributed by atoms with Crippen LogP contribution in [-0.2, 0) is 19.4 Å². The predicted molar refractivity (Wildman–Crippen MR) is 115 cm³/mol. The first-order valence-electron chi connectivity index (χ1n) is 10.0. The number of benzene rings is 1. The van der Waals surface area contributed by atoms with Gasteiger partial charge in [-0.1, -0.05) is 15.9 Å². The van der Waals surface area contributed by atoms with E-state index in [-0.39, 0.29) is 41.7 Å². The third kappa shape index (κ3) is 4.36. The Morgan fingerprint density at radius 1 is 1.17 bits per heavy atom. The average Bonchev–Trinajstić information content (AvgIpc) is 3.26. The quantitative estimate of drug-likeness (QED) is 0.649. The molecule has 0 bridgehead atoms. The molecule has 1 aromatic carbocycles. The van der Waals surface area contributed by atoms with Crippen molar-refractivity contribution in [3.63, 3.8) is 0 Å². The average molecular weight is 484 g/mol. The van der Waals surface area contributed by atoms with Crippen LogP contribution in [-0.4, -0.2) is 80.3 Å². The number of anilines is 1. The number of sulfone groups is 1. The number of carbonyl (C=O) groups excluding carboxylic acids is 2. The standard InChI is InChI=1S/C20H26BrN3O4S/c1-14-10-16(2-3-18(14)21)24-12-15(11-19(24)25)20(26)23-7-5-22(6-8-23)17-4-9-29(27,28)13-17/h2-3,10,15,17H,4-9,11-13H2,1H3. The molecule has 3 heterocycles. The topological polar surface area (TPSA) is 78.0 Å². The minimum absolute atomic E-state index is 0.0140. The Morgan fingerprint density at radius 3 is 2.52 bits per heavy atom. The van der Waals surface area contributed by atoms with Gasteiger partial charge in [0.25, 0.3) is 0 Å². The molecule has 0 N–H and O–H groups in total. The zero-order valence-electron chi connectivity index (χ0n) is 16.5. The largest absolute Gasteiger partial charge is 0.340 e. The molecule has 4 rings (SSSR count). The van der Waals surface area contributed by atoms with E-state index in [1.165, 1.54) is 0 Å². The van der Waals surface area contributed by atoms with Crippen LogP contribution in [0.15, 0.2) is 22.7 Å². The highest BCUT2D eigenvalue weighted by Crippen LogP contribution is 2.30. The minimum Gasteiger partial charge on any atom is -0.340 e. The summed E-state index contributed by atoms with van der Waals surface area (Å²) in [4.78, 5) is 31.3. The lowest BCUT2D eigenvalue weighted by atomic mass is 10.1. The van der Waals surface area contributed by atoms with Crippen molar-refractivity contribution in [3.05, 3.63) is 28.2 Å². The number of piperazine rings is 1. The molecule has 2 unspecified atom stereocenters. The van der Waals surface area contributed by atoms with Gasteiger partial charge in [-0.05, 0) is 37.1 Å². The lowest BCUT2D eigenvalue weighted by Crippen LogP contribution is -2.53. The molecule has 9 heteroatoms. The molecule has 0 radical (unpaired) electrons. The number of amides is 2. The van der Waals surface area contributed by atoms with Gasteiger partial charge in [0.15, 0.2) is 9.84 Å². The van der Waals surface area contributed by atoms with E-state index in [0.29, 0.717) is 39.1 Å². The van der Waals surface area contributed by atoms with Crippen LogP contribution in [0, 0.1) is 12.8 Å². The smallest absolute Gasteiger partial charge is 0.228 e. The molecule has 3 fully saturated rings. The van der Waals surface area contributed by atoms with Crippen molar-refractivity contribution in [2.75, 3.05) is 49.1 Å². The molecule has 3 aliphatic rings. The molecule has 2 atom stereocenters. The number of carbonyl (C=O) groups is 2. The van der Waals surface area contributed by atoms with Crippen molar-refractivity contribution in [2.45, 2.75) is 25.8 Å². The summed E-state index contributed by atoms with van der Waals surface area (Å²) >= 11 is 3.47. The highest BCUT2D eigenvalue weighted by Gasteiger charge is 2.39. The molecule has 29 heavy (non-hydrogen) atoms. The van der Waals surface area contributed by atoms with Gasteiger partial charge >= 0.3 is 0 Å². The Morgan fingerprint density at radius 2 is 1.90 bits per heavy atom. The Labute approximate surface area is 180 Å². The van der Waals surface area contributed by atoms with E-state index in [1.807, 2.05) is 30.0 Å². The van der Waals surface area contributed by atoms with Crippen LogP contribution in [0.4, 0.5) is 5.69 Å². The van der Waals surface area contributed by atoms with Crippen LogP contribution < -0.4 is 4.90 Å². The van der Waals surface area contributed by atoms with Crippen LogP contribution in [0.25, 0.3) is 0 Å². The van der Waals surface area contributed by atoms with Crippen LogP contribution in [0.1, 0.15) is 18.4 Å². The van der Waals surface area contributed by atoms with Crippen molar-refractivity contribution >= 4 is 43.3 Å². The van der Waals surface area contributed by atoms with E-state index >= 15 is 0 Å². The Bertz CT molecular complexity index is 928. The summed E-state index contributed by atoms with van der Waals surface area (Å²) in [7, 11) is -2.90. The number of aryl methyl sites for hydroxylation is 1. The van der Waals surface area contributed by atoms with E-state index in [9.17, 15) is 18.0 Å². The second-order valence-electron chi connectivity index (χ2n) is 8.26. The molecule has 7 nitrogen and oxygen atoms in total. The van der Waals surface area contributed by atoms with E-state index < -0.39 is 9.84 Å². The summed E-state index contributed by atoms with van der Waals surface area (Å²) in [6, 6.07) is 5.87. The minimum atomic E-state index is -2.90. The molecule has 0 aliphatic carbocycles. The summed E-state index contributed by atoms with van der Waals surface area (Å²) in [5.74, 6) is 0.213. The monoisotopic (exact) mass is 483 g/mol. The first-order valence-corrected chi connectivity index (χ1v) is 12.6. The highest BCUT2D eigenvalue weighted by molar-refractivity contribution is 9.10. The molecule has 0 aromatic heterocycles. The van der Waals surface area contributed by atoms with Crippen molar-refractivity contribution in [1.29, 1.82) is 0 Å². The van der Waals surface area contributed by atoms with Gasteiger partial charge in [-0.15, -0.1) is 0 Å². The molecule has 0 saturated carbocycles. The van der Waals surface area contributed by atoms with Crippen LogP contribution in [0.2, 0.25) is 0 Å². The molecular weight excluding hydrogens is 458 g/mol. The molecular formula is C20H26BrN3O4S. The van der Waals surface area contributed by atoms with Gasteiger partial charge in [-0.25, -0.2) is 8.42 Å². The molecule has 2 amide bonds. The van der Waals surface area contributed by atoms with E-state index in [0.717, 1.165) is 15.7 Å². The van der Waals surface area contributed by atoms with Crippen molar-refractivity contribution < 1.29 is 18.0 Å². The van der Waals surface area contributed by atoms with Gasteiger partial charge in [-0.3, -0.25) is 14.5 Å². The van der Waals surface area contributed by atoms with Gasteiger partial charge < -0.3 is 9.80 Å². The summed E-state index contributed by atoms with van der Waals surface area (Å²) in [5, 5.41) is 0. The number of hydrogen-bond acceptors (Lipinski definition) is 5. The predicted octanol–water partition coefficient (Wildman–Crippen LogP) is 1.44. The lowest BCUT2D eigenvalue weighted by molar-refractivity contribution is -0.137. The summed E-state index contributed by atoms with van der Waals surface area (Å²) in [6.45, 7) is 4.98. The van der Waals surface area contributed by atoms with E-state index in [2.05, 4.69) is 20.8 Å². The van der Waals surface area contributed by atoms with Gasteiger partial charge in [0.05, 0.1) is 17.4 Å². The van der Waals surface area contributed by atoms with Gasteiger partial charge in [0, 0.05) is 55.3 Å². The molecule has 3 aliphatic heterocycles. The van der Waals surface area contributed by atoms with Crippen LogP contribution >= 0.6 is 15.9 Å². The van der Waals surface area contributed by atoms with Crippen molar-refractivity contribution in [2.24, 2.45) is 5.92 Å². The Kier molecular flexibility index (Phi) is 5.74. The Hall–Kier alpha value is -1.45. The third-order valence-electron chi connectivity index (χ3n) is 6.28. The maximum atomic E-state index is 13.0. The van der Waals surface area contributed by atoms with Gasteiger partial charge in [-0.2, -0.15) is 0 Å². The second kappa shape index (κ2) is 8.00. The highest BCUT2D eigenvalue weighted by atomic mass is 79.9. The van der Waals surface area contributed by atoms with Gasteiger partial charge in [0.2, 0.25) is 11.8 Å². The molecule has 0 spiro atoms. The maximum Gasteiger partial charge on any atom is 0.228 e. The zero-order valence-corrected chi connectivity index (χ0v) is 18.9. The van der Waals surface area contributed by atoms with Crippen LogP contribution in [0.3, 0.4) is 0 Å². The number of nitrogens with zero attached hydrogens (tertiary/aromatic N) is 3. The Balaban J connectivity index is 1.35. The zero-order chi connectivity index (χ0) is 20.8. The fourth-order valence-electron chi connectivity index (χ4n) is 4.55. The SMILES string of the molecule is Cc1cc(N2CC(C(=O)N3CCN(C4CCS(=O)(=O)C4)CC3)CC2=O)ccc1Br. The second-order valence-corrected chi connectivity index (χ2v) is 11.3.